The molecule has 0 aliphatic carbocycles. The van der Waals surface area contributed by atoms with Crippen molar-refractivity contribution in [3.8, 4) is 0 Å². The van der Waals surface area contributed by atoms with E-state index in [0.29, 0.717) is 0 Å². The zero-order chi connectivity index (χ0) is 55.3. The molecule has 2 aromatic heterocycles. The molecule has 0 saturated heterocycles. The molecule has 6 heteroatoms. The Morgan fingerprint density at radius 1 is 0.423 bits per heavy atom. The summed E-state index contributed by atoms with van der Waals surface area (Å²) in [5.41, 5.74) is 23.6. The van der Waals surface area contributed by atoms with Gasteiger partial charge in [0.2, 0.25) is 0 Å². The Morgan fingerprint density at radius 2 is 0.923 bits per heavy atom. The standard InChI is InChI=1S/C72H77BN4S/c1-44-38-60-64-61(39-44)77(62-43-53(42-55-54-20-18-19-21-58(54)74(17)65(55)62)75(50-30-22-45(23-31-50)68(2,3)4)51-32-24-46(25-33-51)69(5,6)7)59-36-28-49(72(14,15)16)41-57(59)73(64)67-66(56-40-48(71(11,12)13)29-37-63(56)78-67)76(60)52-34-26-47(27-35-52)70(8,9)10/h18-43H,1-17H3. The molecule has 12 rings (SSSR count). The van der Waals surface area contributed by atoms with Crippen LogP contribution < -0.4 is 30.4 Å². The van der Waals surface area contributed by atoms with Crippen molar-refractivity contribution in [1.29, 1.82) is 0 Å². The van der Waals surface area contributed by atoms with Crippen LogP contribution in [-0.2, 0) is 34.1 Å². The summed E-state index contributed by atoms with van der Waals surface area (Å²) in [4.78, 5) is 7.79. The van der Waals surface area contributed by atoms with Crippen LogP contribution in [0, 0.1) is 6.92 Å². The summed E-state index contributed by atoms with van der Waals surface area (Å²) in [6.07, 6.45) is 0. The Kier molecular flexibility index (Phi) is 11.8. The summed E-state index contributed by atoms with van der Waals surface area (Å²) >= 11 is 1.99. The molecule has 4 nitrogen and oxygen atoms in total. The zero-order valence-electron chi connectivity index (χ0n) is 49.3. The molecule has 2 aliphatic heterocycles. The number of hydrogen-bond donors (Lipinski definition) is 0. The van der Waals surface area contributed by atoms with Gasteiger partial charge in [0.25, 0.3) is 6.71 Å². The number of rotatable bonds is 5. The van der Waals surface area contributed by atoms with E-state index in [1.165, 1.54) is 109 Å². The van der Waals surface area contributed by atoms with Crippen LogP contribution in [0.15, 0.2) is 158 Å². The lowest BCUT2D eigenvalue weighted by atomic mass is 9.36. The van der Waals surface area contributed by atoms with E-state index in [0.717, 1.165) is 22.7 Å². The average Bonchev–Trinajstić information content (AvgIpc) is 4.10. The lowest BCUT2D eigenvalue weighted by Crippen LogP contribution is -2.60. The van der Waals surface area contributed by atoms with Crippen LogP contribution in [0.5, 0.6) is 0 Å². The minimum Gasteiger partial charge on any atom is -0.342 e. The maximum Gasteiger partial charge on any atom is 0.264 e. The van der Waals surface area contributed by atoms with Crippen LogP contribution in [0.1, 0.15) is 137 Å². The van der Waals surface area contributed by atoms with Gasteiger partial charge in [0.05, 0.1) is 16.9 Å². The van der Waals surface area contributed by atoms with Crippen molar-refractivity contribution < 1.29 is 0 Å². The van der Waals surface area contributed by atoms with Crippen LogP contribution in [0.3, 0.4) is 0 Å². The Labute approximate surface area is 469 Å². The number of hydrogen-bond acceptors (Lipinski definition) is 4. The molecule has 0 fully saturated rings. The van der Waals surface area contributed by atoms with Crippen LogP contribution in [-0.4, -0.2) is 11.3 Å². The second-order valence-electron chi connectivity index (χ2n) is 27.8. The molecule has 4 heterocycles. The van der Waals surface area contributed by atoms with Crippen LogP contribution in [0.2, 0.25) is 0 Å². The summed E-state index contributed by atoms with van der Waals surface area (Å²) in [5.74, 6) is 0. The smallest absolute Gasteiger partial charge is 0.264 e. The van der Waals surface area contributed by atoms with E-state index in [-0.39, 0.29) is 33.8 Å². The third-order valence-corrected chi connectivity index (χ3v) is 18.2. The Balaban J connectivity index is 1.20. The van der Waals surface area contributed by atoms with E-state index in [1.54, 1.807) is 0 Å². The molecular formula is C72H77BN4S. The highest BCUT2D eigenvalue weighted by molar-refractivity contribution is 7.33. The van der Waals surface area contributed by atoms with Gasteiger partial charge in [0.15, 0.2) is 0 Å². The number of aromatic nitrogens is 1. The maximum absolute atomic E-state index is 2.66. The van der Waals surface area contributed by atoms with Crippen LogP contribution >= 0.6 is 11.3 Å². The number of nitrogens with zero attached hydrogens (tertiary/aromatic N) is 4. The number of para-hydroxylation sites is 1. The Bertz CT molecular complexity index is 3950. The van der Waals surface area contributed by atoms with Gasteiger partial charge in [-0.1, -0.05) is 177 Å². The van der Waals surface area contributed by atoms with Crippen molar-refractivity contribution in [2.45, 2.75) is 138 Å². The molecule has 78 heavy (non-hydrogen) atoms. The fourth-order valence-corrected chi connectivity index (χ4v) is 13.7. The van der Waals surface area contributed by atoms with Crippen LogP contribution in [0.4, 0.5) is 51.2 Å². The molecule has 8 aromatic carbocycles. The number of benzene rings is 8. The number of anilines is 9. The molecule has 2 aliphatic rings. The SMILES string of the molecule is Cc1cc2c3c(c1)N(c1cc(N(c4ccc(C(C)(C)C)cc4)c4ccc(C(C)(C)C)cc4)cc4c5ccccc5n(C)c14)c1ccc(C(C)(C)C)cc1B3c1sc3ccc(C(C)(C)C)cc3c1N2c1ccc(C(C)(C)C)cc1. The second-order valence-corrected chi connectivity index (χ2v) is 28.9. The average molecular weight is 1040 g/mol. The van der Waals surface area contributed by atoms with E-state index in [9.17, 15) is 0 Å². The highest BCUT2D eigenvalue weighted by Gasteiger charge is 2.46. The van der Waals surface area contributed by atoms with Gasteiger partial charge in [-0.3, -0.25) is 0 Å². The minimum absolute atomic E-state index is 0.00921. The molecule has 0 amide bonds. The highest BCUT2D eigenvalue weighted by atomic mass is 32.1. The first-order chi connectivity index (χ1) is 36.7. The first kappa shape index (κ1) is 51.7. The van der Waals surface area contributed by atoms with Gasteiger partial charge in [-0.25, -0.2) is 0 Å². The van der Waals surface area contributed by atoms with Gasteiger partial charge in [0.1, 0.15) is 0 Å². The van der Waals surface area contributed by atoms with Gasteiger partial charge in [0, 0.05) is 78.0 Å². The first-order valence-corrected chi connectivity index (χ1v) is 29.1. The van der Waals surface area contributed by atoms with Gasteiger partial charge in [-0.05, 0) is 163 Å². The summed E-state index contributed by atoms with van der Waals surface area (Å²) < 4.78 is 5.16. The minimum atomic E-state index is -0.0784. The lowest BCUT2D eigenvalue weighted by Gasteiger charge is -2.44. The summed E-state index contributed by atoms with van der Waals surface area (Å²) in [5, 5.41) is 3.79. The molecule has 0 saturated carbocycles. The number of thiophene rings is 1. The van der Waals surface area contributed by atoms with Crippen molar-refractivity contribution in [3.63, 3.8) is 0 Å². The van der Waals surface area contributed by atoms with E-state index in [4.69, 9.17) is 0 Å². The van der Waals surface area contributed by atoms with Crippen LogP contribution in [0.25, 0.3) is 31.9 Å². The Hall–Kier alpha value is -7.02. The summed E-state index contributed by atoms with van der Waals surface area (Å²) in [6.45, 7) is 37.1. The normalized spacial score (nSPS) is 13.9. The molecule has 0 radical (unpaired) electrons. The maximum atomic E-state index is 2.66. The Morgan fingerprint density at radius 3 is 1.49 bits per heavy atom. The van der Waals surface area contributed by atoms with Crippen molar-refractivity contribution in [2.75, 3.05) is 14.7 Å². The third kappa shape index (κ3) is 8.47. The van der Waals surface area contributed by atoms with E-state index < -0.39 is 0 Å². The monoisotopic (exact) mass is 1040 g/mol. The summed E-state index contributed by atoms with van der Waals surface area (Å²) in [7, 11) is 2.27. The zero-order valence-corrected chi connectivity index (χ0v) is 50.1. The quantitative estimate of drug-likeness (QED) is 0.160. The molecule has 0 spiro atoms. The largest absolute Gasteiger partial charge is 0.342 e. The third-order valence-electron chi connectivity index (χ3n) is 17.0. The fourth-order valence-electron chi connectivity index (χ4n) is 12.4. The van der Waals surface area contributed by atoms with E-state index in [1.807, 2.05) is 11.3 Å². The predicted octanol–water partition coefficient (Wildman–Crippen LogP) is 18.9. The van der Waals surface area contributed by atoms with Crippen molar-refractivity contribution in [1.82, 2.24) is 4.57 Å². The second kappa shape index (κ2) is 17.7. The predicted molar refractivity (Wildman–Crippen MR) is 343 cm³/mol. The number of fused-ring (bicyclic) bond motifs is 9. The summed E-state index contributed by atoms with van der Waals surface area (Å²) in [6, 6.07) is 61.7. The molecule has 0 bridgehead atoms. The molecule has 0 atom stereocenters. The molecule has 10 aromatic rings. The molecule has 0 N–H and O–H groups in total. The van der Waals surface area contributed by atoms with Crippen molar-refractivity contribution >= 4 is 117 Å². The highest BCUT2D eigenvalue weighted by Crippen LogP contribution is 2.52. The van der Waals surface area contributed by atoms with Gasteiger partial charge < -0.3 is 19.3 Å². The van der Waals surface area contributed by atoms with Crippen molar-refractivity contribution in [2.24, 2.45) is 7.05 Å². The lowest BCUT2D eigenvalue weighted by molar-refractivity contribution is 0.590. The first-order valence-electron chi connectivity index (χ1n) is 28.3. The van der Waals surface area contributed by atoms with E-state index in [2.05, 4.69) is 295 Å². The van der Waals surface area contributed by atoms with Gasteiger partial charge in [-0.15, -0.1) is 11.3 Å². The molecule has 0 unspecified atom stereocenters. The van der Waals surface area contributed by atoms with E-state index >= 15 is 0 Å². The fraction of sp³-hybridized carbons (Fsp3) is 0.306. The van der Waals surface area contributed by atoms with Crippen molar-refractivity contribution in [3.05, 3.63) is 191 Å². The topological polar surface area (TPSA) is 14.7 Å². The molecular weight excluding hydrogens is 964 g/mol. The van der Waals surface area contributed by atoms with Gasteiger partial charge >= 0.3 is 0 Å². The number of aryl methyl sites for hydroxylation is 2. The molecule has 394 valence electrons. The van der Waals surface area contributed by atoms with Gasteiger partial charge in [-0.2, -0.15) is 0 Å².